The molecule has 1 aromatic carbocycles. The molecule has 1 aliphatic rings. The number of aromatic amines is 1. The number of ether oxygens (including phenoxy) is 2. The van der Waals surface area contributed by atoms with Crippen molar-refractivity contribution in [2.75, 3.05) is 39.4 Å². The van der Waals surface area contributed by atoms with Crippen molar-refractivity contribution in [1.82, 2.24) is 19.8 Å². The third-order valence-corrected chi connectivity index (χ3v) is 7.23. The van der Waals surface area contributed by atoms with Crippen LogP contribution in [-0.2, 0) is 11.3 Å². The third kappa shape index (κ3) is 5.77. The molecule has 1 N–H and O–H groups in total. The first-order valence-corrected chi connectivity index (χ1v) is 12.6. The zero-order chi connectivity index (χ0) is 24.1. The number of fused-ring (bicyclic) bond motifs is 1. The first-order chi connectivity index (χ1) is 16.4. The molecule has 0 radical (unpaired) electrons. The van der Waals surface area contributed by atoms with Crippen LogP contribution in [0.3, 0.4) is 0 Å². The Balaban J connectivity index is 1.19. The molecule has 0 bridgehead atoms. The molecule has 1 fully saturated rings. The van der Waals surface area contributed by atoms with Gasteiger partial charge in [0.2, 0.25) is 5.91 Å². The van der Waals surface area contributed by atoms with Crippen molar-refractivity contribution in [3.63, 3.8) is 0 Å². The zero-order valence-corrected chi connectivity index (χ0v) is 20.9. The summed E-state index contributed by atoms with van der Waals surface area (Å²) in [5.41, 5.74) is 0.945. The van der Waals surface area contributed by atoms with Gasteiger partial charge in [-0.25, -0.2) is 4.98 Å². The van der Waals surface area contributed by atoms with E-state index in [0.717, 1.165) is 39.9 Å². The maximum atomic E-state index is 12.6. The number of carbonyl (C=O) groups is 1. The maximum Gasteiger partial charge on any atom is 0.259 e. The molecule has 3 aromatic rings. The molecule has 0 aliphatic carbocycles. The number of aryl methyl sites for hydroxylation is 2. The van der Waals surface area contributed by atoms with Gasteiger partial charge in [-0.05, 0) is 57.0 Å². The summed E-state index contributed by atoms with van der Waals surface area (Å²) in [4.78, 5) is 38.8. The minimum atomic E-state index is -0.0666. The fourth-order valence-corrected chi connectivity index (χ4v) is 5.16. The number of benzene rings is 1. The number of carbonyl (C=O) groups excluding carboxylic acids is 1. The number of thiophene rings is 1. The van der Waals surface area contributed by atoms with Crippen LogP contribution in [0.4, 0.5) is 0 Å². The van der Waals surface area contributed by atoms with E-state index in [1.807, 2.05) is 49.9 Å². The lowest BCUT2D eigenvalue weighted by molar-refractivity contribution is -0.133. The lowest BCUT2D eigenvalue weighted by Crippen LogP contribution is -2.48. The number of aromatic nitrogens is 2. The highest BCUT2D eigenvalue weighted by Crippen LogP contribution is 2.26. The van der Waals surface area contributed by atoms with Crippen LogP contribution in [-0.4, -0.2) is 65.1 Å². The second kappa shape index (κ2) is 11.0. The van der Waals surface area contributed by atoms with Gasteiger partial charge >= 0.3 is 0 Å². The van der Waals surface area contributed by atoms with Crippen LogP contribution in [0.5, 0.6) is 11.5 Å². The Morgan fingerprint density at radius 1 is 1.09 bits per heavy atom. The lowest BCUT2D eigenvalue weighted by atomic mass is 10.2. The first-order valence-electron chi connectivity index (χ1n) is 11.8. The summed E-state index contributed by atoms with van der Waals surface area (Å²) in [5.74, 6) is 2.45. The highest BCUT2D eigenvalue weighted by molar-refractivity contribution is 7.18. The molecule has 8 nitrogen and oxygen atoms in total. The van der Waals surface area contributed by atoms with Crippen LogP contribution in [0.2, 0.25) is 0 Å². The van der Waals surface area contributed by atoms with Crippen molar-refractivity contribution in [1.29, 1.82) is 0 Å². The molecule has 0 saturated carbocycles. The van der Waals surface area contributed by atoms with Gasteiger partial charge in [0.05, 0.1) is 25.1 Å². The summed E-state index contributed by atoms with van der Waals surface area (Å²) in [6.45, 7) is 10.5. The van der Waals surface area contributed by atoms with Gasteiger partial charge in [0.15, 0.2) is 0 Å². The van der Waals surface area contributed by atoms with E-state index in [-0.39, 0.29) is 11.5 Å². The minimum absolute atomic E-state index is 0.0666. The van der Waals surface area contributed by atoms with E-state index in [0.29, 0.717) is 56.9 Å². The van der Waals surface area contributed by atoms with Crippen LogP contribution >= 0.6 is 11.3 Å². The zero-order valence-electron chi connectivity index (χ0n) is 20.1. The van der Waals surface area contributed by atoms with E-state index in [1.54, 1.807) is 11.3 Å². The van der Waals surface area contributed by atoms with Crippen molar-refractivity contribution in [2.45, 2.75) is 40.2 Å². The number of nitrogens with zero attached hydrogens (tertiary/aromatic N) is 3. The average Bonchev–Trinajstić information content (AvgIpc) is 3.12. The van der Waals surface area contributed by atoms with Gasteiger partial charge in [-0.2, -0.15) is 0 Å². The Bertz CT molecular complexity index is 1180. The monoisotopic (exact) mass is 484 g/mol. The van der Waals surface area contributed by atoms with E-state index in [9.17, 15) is 9.59 Å². The number of H-pyrrole nitrogens is 1. The number of hydrogen-bond acceptors (Lipinski definition) is 7. The summed E-state index contributed by atoms with van der Waals surface area (Å²) in [7, 11) is 0. The average molecular weight is 485 g/mol. The first kappa shape index (κ1) is 24.2. The largest absolute Gasteiger partial charge is 0.494 e. The Hall–Kier alpha value is -2.91. The van der Waals surface area contributed by atoms with Crippen molar-refractivity contribution < 1.29 is 14.3 Å². The summed E-state index contributed by atoms with van der Waals surface area (Å²) >= 11 is 1.57. The standard InChI is InChI=1S/C25H32N4O4S/c1-4-32-19-7-9-20(10-8-19)33-15-5-6-22(30)29-13-11-28(12-14-29)16-21-26-24(31)23-17(2)18(3)34-25(23)27-21/h7-10H,4-6,11-16H2,1-3H3,(H,26,27,31). The predicted octanol–water partition coefficient (Wildman–Crippen LogP) is 3.50. The second-order valence-corrected chi connectivity index (χ2v) is 9.69. The molecule has 1 saturated heterocycles. The highest BCUT2D eigenvalue weighted by atomic mass is 32.1. The molecule has 182 valence electrons. The minimum Gasteiger partial charge on any atom is -0.494 e. The highest BCUT2D eigenvalue weighted by Gasteiger charge is 2.22. The topological polar surface area (TPSA) is 87.8 Å². The number of nitrogens with one attached hydrogen (secondary N) is 1. The Kier molecular flexibility index (Phi) is 7.84. The number of amides is 1. The van der Waals surface area contributed by atoms with E-state index < -0.39 is 0 Å². The number of piperazine rings is 1. The third-order valence-electron chi connectivity index (χ3n) is 6.12. The quantitative estimate of drug-likeness (QED) is 0.468. The van der Waals surface area contributed by atoms with Crippen LogP contribution in [0, 0.1) is 13.8 Å². The van der Waals surface area contributed by atoms with Crippen molar-refractivity contribution in [3.05, 3.63) is 50.9 Å². The van der Waals surface area contributed by atoms with Crippen LogP contribution < -0.4 is 15.0 Å². The summed E-state index contributed by atoms with van der Waals surface area (Å²) in [6, 6.07) is 7.53. The van der Waals surface area contributed by atoms with Gasteiger partial charge in [0, 0.05) is 37.5 Å². The lowest BCUT2D eigenvalue weighted by Gasteiger charge is -2.34. The Morgan fingerprint density at radius 3 is 2.44 bits per heavy atom. The fourth-order valence-electron chi connectivity index (χ4n) is 4.11. The SMILES string of the molecule is CCOc1ccc(OCCCC(=O)N2CCN(Cc3nc4sc(C)c(C)c4c(=O)[nH]3)CC2)cc1. The second-order valence-electron chi connectivity index (χ2n) is 8.49. The van der Waals surface area contributed by atoms with E-state index >= 15 is 0 Å². The van der Waals surface area contributed by atoms with E-state index in [4.69, 9.17) is 9.47 Å². The van der Waals surface area contributed by atoms with Gasteiger partial charge in [0.25, 0.3) is 5.56 Å². The number of hydrogen-bond donors (Lipinski definition) is 1. The van der Waals surface area contributed by atoms with Crippen molar-refractivity contribution in [3.8, 4) is 11.5 Å². The molecular formula is C25H32N4O4S. The molecule has 9 heteroatoms. The van der Waals surface area contributed by atoms with Crippen molar-refractivity contribution >= 4 is 27.5 Å². The van der Waals surface area contributed by atoms with Gasteiger partial charge in [0.1, 0.15) is 22.2 Å². The summed E-state index contributed by atoms with van der Waals surface area (Å²) in [6.07, 6.45) is 1.15. The number of rotatable bonds is 9. The maximum absolute atomic E-state index is 12.6. The Labute approximate surface area is 203 Å². The molecule has 1 aliphatic heterocycles. The molecule has 0 spiro atoms. The van der Waals surface area contributed by atoms with Gasteiger partial charge in [-0.15, -0.1) is 11.3 Å². The molecule has 34 heavy (non-hydrogen) atoms. The molecule has 0 unspecified atom stereocenters. The fraction of sp³-hybridized carbons (Fsp3) is 0.480. The van der Waals surface area contributed by atoms with Crippen molar-refractivity contribution in [2.24, 2.45) is 0 Å². The molecular weight excluding hydrogens is 452 g/mol. The molecule has 2 aromatic heterocycles. The van der Waals surface area contributed by atoms with Crippen LogP contribution in [0.25, 0.3) is 10.2 Å². The van der Waals surface area contributed by atoms with E-state index in [1.165, 1.54) is 0 Å². The summed E-state index contributed by atoms with van der Waals surface area (Å²) in [5, 5.41) is 0.702. The normalized spacial score (nSPS) is 14.5. The van der Waals surface area contributed by atoms with E-state index in [2.05, 4.69) is 14.9 Å². The molecule has 4 rings (SSSR count). The molecule has 3 heterocycles. The van der Waals surface area contributed by atoms with Gasteiger partial charge in [-0.3, -0.25) is 14.5 Å². The summed E-state index contributed by atoms with van der Waals surface area (Å²) < 4.78 is 11.2. The smallest absolute Gasteiger partial charge is 0.259 e. The Morgan fingerprint density at radius 2 is 1.76 bits per heavy atom. The predicted molar refractivity (Wildman–Crippen MR) is 134 cm³/mol. The van der Waals surface area contributed by atoms with Gasteiger partial charge in [-0.1, -0.05) is 0 Å². The molecule has 0 atom stereocenters. The van der Waals surface area contributed by atoms with Crippen LogP contribution in [0.1, 0.15) is 36.0 Å². The van der Waals surface area contributed by atoms with Gasteiger partial charge < -0.3 is 19.4 Å². The molecule has 1 amide bonds. The van der Waals surface area contributed by atoms with Crippen LogP contribution in [0.15, 0.2) is 29.1 Å².